The van der Waals surface area contributed by atoms with Gasteiger partial charge in [0.2, 0.25) is 5.91 Å². The number of fused-ring (bicyclic) bond motifs is 2. The molecule has 0 N–H and O–H groups in total. The number of hydrogen-bond donors (Lipinski definition) is 0. The lowest BCUT2D eigenvalue weighted by atomic mass is 10.0. The molecule has 28 heavy (non-hydrogen) atoms. The zero-order valence-corrected chi connectivity index (χ0v) is 15.5. The lowest BCUT2D eigenvalue weighted by Gasteiger charge is -2.33. The largest absolute Gasteiger partial charge is 0.378 e. The molecule has 0 saturated carbocycles. The minimum Gasteiger partial charge on any atom is -0.378 e. The van der Waals surface area contributed by atoms with Crippen molar-refractivity contribution in [2.45, 2.75) is 19.5 Å². The van der Waals surface area contributed by atoms with Crippen LogP contribution in [0.25, 0.3) is 11.0 Å². The van der Waals surface area contributed by atoms with Gasteiger partial charge >= 0.3 is 0 Å². The molecule has 0 spiro atoms. The van der Waals surface area contributed by atoms with Crippen LogP contribution in [-0.4, -0.2) is 68.6 Å². The number of carbonyl (C=O) groups excluding carboxylic acids is 1. The van der Waals surface area contributed by atoms with E-state index in [1.54, 1.807) is 6.33 Å². The topological polar surface area (TPSA) is 89.3 Å². The summed E-state index contributed by atoms with van der Waals surface area (Å²) >= 11 is 0. The van der Waals surface area contributed by atoms with E-state index in [0.29, 0.717) is 26.3 Å². The summed E-state index contributed by atoms with van der Waals surface area (Å²) in [6.07, 6.45) is 2.35. The Morgan fingerprint density at radius 3 is 2.54 bits per heavy atom. The van der Waals surface area contributed by atoms with Crippen LogP contribution in [0.5, 0.6) is 0 Å². The molecule has 9 nitrogen and oxygen atoms in total. The van der Waals surface area contributed by atoms with Gasteiger partial charge in [0.05, 0.1) is 25.5 Å². The van der Waals surface area contributed by atoms with Gasteiger partial charge in [-0.15, -0.1) is 0 Å². The van der Waals surface area contributed by atoms with Crippen LogP contribution in [0.1, 0.15) is 11.3 Å². The van der Waals surface area contributed by atoms with Crippen molar-refractivity contribution < 1.29 is 9.53 Å². The van der Waals surface area contributed by atoms with Crippen molar-refractivity contribution in [3.8, 4) is 0 Å². The number of aromatic nitrogens is 5. The van der Waals surface area contributed by atoms with Gasteiger partial charge in [0.15, 0.2) is 0 Å². The SMILES string of the molecule is O=C(Cn1nc2ccccc2n1)N1CCc2c(ncnc2N2CCOCC2)C1. The van der Waals surface area contributed by atoms with Crippen LogP contribution in [0.15, 0.2) is 30.6 Å². The van der Waals surface area contributed by atoms with E-state index in [1.165, 1.54) is 4.80 Å². The quantitative estimate of drug-likeness (QED) is 0.660. The van der Waals surface area contributed by atoms with Crippen molar-refractivity contribution in [2.75, 3.05) is 37.7 Å². The molecule has 1 amide bonds. The Hall–Kier alpha value is -3.07. The molecule has 1 aromatic carbocycles. The third kappa shape index (κ3) is 3.18. The van der Waals surface area contributed by atoms with Crippen molar-refractivity contribution >= 4 is 22.8 Å². The highest BCUT2D eigenvalue weighted by molar-refractivity contribution is 5.77. The average molecular weight is 379 g/mol. The number of ether oxygens (including phenoxy) is 1. The minimum atomic E-state index is -0.00232. The second-order valence-electron chi connectivity index (χ2n) is 7.01. The first-order chi connectivity index (χ1) is 13.8. The highest BCUT2D eigenvalue weighted by atomic mass is 16.5. The van der Waals surface area contributed by atoms with Crippen molar-refractivity contribution in [1.82, 2.24) is 29.9 Å². The standard InChI is InChI=1S/C19H21N7O2/c27-18(12-26-22-15-3-1-2-4-16(15)23-26)25-6-5-14-17(11-25)20-13-21-19(14)24-7-9-28-10-8-24/h1-4,13H,5-12H2. The Kier molecular flexibility index (Phi) is 4.36. The molecule has 9 heteroatoms. The van der Waals surface area contributed by atoms with Gasteiger partial charge in [0.25, 0.3) is 0 Å². The first kappa shape index (κ1) is 17.1. The molecule has 3 aromatic rings. The maximum Gasteiger partial charge on any atom is 0.246 e. The number of anilines is 1. The zero-order valence-electron chi connectivity index (χ0n) is 15.5. The van der Waals surface area contributed by atoms with Crippen LogP contribution >= 0.6 is 0 Å². The molecule has 4 heterocycles. The zero-order chi connectivity index (χ0) is 18.9. The summed E-state index contributed by atoms with van der Waals surface area (Å²) in [6.45, 7) is 4.38. The summed E-state index contributed by atoms with van der Waals surface area (Å²) in [5, 5.41) is 8.76. The van der Waals surface area contributed by atoms with E-state index in [-0.39, 0.29) is 12.5 Å². The molecule has 1 fully saturated rings. The number of rotatable bonds is 3. The normalized spacial score (nSPS) is 17.0. The van der Waals surface area contributed by atoms with E-state index in [0.717, 1.165) is 47.6 Å². The number of benzene rings is 1. The lowest BCUT2D eigenvalue weighted by Crippen LogP contribution is -2.41. The summed E-state index contributed by atoms with van der Waals surface area (Å²) in [5.41, 5.74) is 3.66. The Morgan fingerprint density at radius 1 is 1.04 bits per heavy atom. The molecule has 2 aromatic heterocycles. The minimum absolute atomic E-state index is 0.00232. The fraction of sp³-hybridized carbons (Fsp3) is 0.421. The third-order valence-electron chi connectivity index (χ3n) is 5.25. The summed E-state index contributed by atoms with van der Waals surface area (Å²) in [6, 6.07) is 7.61. The Labute approximate surface area is 161 Å². The van der Waals surface area contributed by atoms with Crippen molar-refractivity contribution in [3.05, 3.63) is 41.9 Å². The Bertz CT molecular complexity index is 979. The fourth-order valence-corrected chi connectivity index (χ4v) is 3.79. The van der Waals surface area contributed by atoms with Crippen molar-refractivity contribution in [1.29, 1.82) is 0 Å². The van der Waals surface area contributed by atoms with Gasteiger partial charge in [-0.2, -0.15) is 15.0 Å². The number of morpholine rings is 1. The van der Waals surface area contributed by atoms with Gasteiger partial charge in [0, 0.05) is 25.2 Å². The van der Waals surface area contributed by atoms with Crippen LogP contribution in [0.3, 0.4) is 0 Å². The first-order valence-corrected chi connectivity index (χ1v) is 9.51. The molecule has 2 aliphatic rings. The molecule has 0 atom stereocenters. The van der Waals surface area contributed by atoms with Crippen LogP contribution < -0.4 is 4.90 Å². The molecule has 1 saturated heterocycles. The third-order valence-corrected chi connectivity index (χ3v) is 5.25. The summed E-state index contributed by atoms with van der Waals surface area (Å²) < 4.78 is 5.44. The van der Waals surface area contributed by atoms with Gasteiger partial charge in [0.1, 0.15) is 29.7 Å². The van der Waals surface area contributed by atoms with E-state index in [9.17, 15) is 4.79 Å². The maximum atomic E-state index is 12.8. The van der Waals surface area contributed by atoms with Crippen LogP contribution in [0, 0.1) is 0 Å². The van der Waals surface area contributed by atoms with E-state index < -0.39 is 0 Å². The highest BCUT2D eigenvalue weighted by Crippen LogP contribution is 2.26. The van der Waals surface area contributed by atoms with Gasteiger partial charge in [-0.1, -0.05) is 12.1 Å². The van der Waals surface area contributed by atoms with Gasteiger partial charge in [-0.05, 0) is 18.6 Å². The average Bonchev–Trinajstić information content (AvgIpc) is 3.15. The number of nitrogens with zero attached hydrogens (tertiary/aromatic N) is 7. The van der Waals surface area contributed by atoms with E-state index in [2.05, 4.69) is 25.1 Å². The summed E-state index contributed by atoms with van der Waals surface area (Å²) in [5.74, 6) is 0.984. The van der Waals surface area contributed by atoms with E-state index >= 15 is 0 Å². The van der Waals surface area contributed by atoms with Gasteiger partial charge in [-0.25, -0.2) is 9.97 Å². The van der Waals surface area contributed by atoms with Crippen LogP contribution in [0.2, 0.25) is 0 Å². The van der Waals surface area contributed by atoms with Crippen molar-refractivity contribution in [3.63, 3.8) is 0 Å². The van der Waals surface area contributed by atoms with Gasteiger partial charge in [-0.3, -0.25) is 4.79 Å². The Balaban J connectivity index is 1.32. The molecule has 0 aliphatic carbocycles. The monoisotopic (exact) mass is 379 g/mol. The predicted molar refractivity (Wildman–Crippen MR) is 102 cm³/mol. The summed E-state index contributed by atoms with van der Waals surface area (Å²) in [4.78, 5) is 27.3. The molecular weight excluding hydrogens is 358 g/mol. The number of carbonyl (C=O) groups is 1. The second-order valence-corrected chi connectivity index (χ2v) is 7.01. The first-order valence-electron chi connectivity index (χ1n) is 9.51. The Morgan fingerprint density at radius 2 is 1.79 bits per heavy atom. The molecule has 0 radical (unpaired) electrons. The molecule has 5 rings (SSSR count). The molecule has 144 valence electrons. The molecular formula is C19H21N7O2. The van der Waals surface area contributed by atoms with Crippen LogP contribution in [0.4, 0.5) is 5.82 Å². The number of amides is 1. The maximum absolute atomic E-state index is 12.8. The molecule has 0 bridgehead atoms. The predicted octanol–water partition coefficient (Wildman–Crippen LogP) is 0.643. The van der Waals surface area contributed by atoms with E-state index in [4.69, 9.17) is 4.74 Å². The highest BCUT2D eigenvalue weighted by Gasteiger charge is 2.27. The van der Waals surface area contributed by atoms with Crippen molar-refractivity contribution in [2.24, 2.45) is 0 Å². The van der Waals surface area contributed by atoms with E-state index in [1.807, 2.05) is 29.2 Å². The second kappa shape index (κ2) is 7.16. The summed E-state index contributed by atoms with van der Waals surface area (Å²) in [7, 11) is 0. The molecule has 0 unspecified atom stereocenters. The lowest BCUT2D eigenvalue weighted by molar-refractivity contribution is -0.133. The number of hydrogen-bond acceptors (Lipinski definition) is 7. The smallest absolute Gasteiger partial charge is 0.246 e. The molecule has 2 aliphatic heterocycles. The fourth-order valence-electron chi connectivity index (χ4n) is 3.79. The van der Waals surface area contributed by atoms with Gasteiger partial charge < -0.3 is 14.5 Å². The van der Waals surface area contributed by atoms with Crippen LogP contribution in [-0.2, 0) is 29.0 Å².